The lowest BCUT2D eigenvalue weighted by molar-refractivity contribution is -0.131. The molecule has 19 heavy (non-hydrogen) atoms. The Morgan fingerprint density at radius 3 is 2.79 bits per heavy atom. The number of hydrogen-bond donors (Lipinski definition) is 1. The van der Waals surface area contributed by atoms with Gasteiger partial charge in [0.15, 0.2) is 11.5 Å². The van der Waals surface area contributed by atoms with Crippen LogP contribution >= 0.6 is 15.9 Å². The number of carboxylic acid groups (broad SMARTS) is 1. The van der Waals surface area contributed by atoms with Gasteiger partial charge in [0, 0.05) is 22.2 Å². The van der Waals surface area contributed by atoms with Gasteiger partial charge in [0.1, 0.15) is 12.4 Å². The Morgan fingerprint density at radius 1 is 1.47 bits per heavy atom. The second-order valence-corrected chi connectivity index (χ2v) is 4.84. The van der Waals surface area contributed by atoms with Crippen molar-refractivity contribution in [2.24, 2.45) is 0 Å². The number of halogens is 1. The van der Waals surface area contributed by atoms with Gasteiger partial charge in [-0.1, -0.05) is 22.5 Å². The quantitative estimate of drug-likeness (QED) is 0.843. The maximum Gasteiger partial charge on any atom is 0.328 e. The number of rotatable bonds is 5. The molecule has 1 heterocycles. The highest BCUT2D eigenvalue weighted by molar-refractivity contribution is 9.11. The van der Waals surface area contributed by atoms with E-state index in [-0.39, 0.29) is 13.4 Å². The fraction of sp³-hybridized carbons (Fsp3) is 0.154. The van der Waals surface area contributed by atoms with Gasteiger partial charge < -0.3 is 19.3 Å². The van der Waals surface area contributed by atoms with Crippen molar-refractivity contribution in [1.82, 2.24) is 0 Å². The van der Waals surface area contributed by atoms with E-state index in [1.807, 2.05) is 0 Å². The van der Waals surface area contributed by atoms with Crippen LogP contribution in [0.5, 0.6) is 17.2 Å². The van der Waals surface area contributed by atoms with Crippen LogP contribution in [-0.2, 0) is 4.79 Å². The molecule has 0 saturated carbocycles. The number of carbonyl (C=O) groups is 1. The second kappa shape index (κ2) is 5.79. The summed E-state index contributed by atoms with van der Waals surface area (Å²) >= 11 is 3.19. The third-order valence-corrected chi connectivity index (χ3v) is 2.52. The molecule has 2 rings (SSSR count). The topological polar surface area (TPSA) is 65.0 Å². The molecule has 1 aliphatic rings. The molecule has 100 valence electrons. The van der Waals surface area contributed by atoms with Crippen molar-refractivity contribution < 1.29 is 24.1 Å². The molecule has 0 amide bonds. The van der Waals surface area contributed by atoms with E-state index in [1.54, 1.807) is 12.1 Å². The first-order valence-corrected chi connectivity index (χ1v) is 6.16. The summed E-state index contributed by atoms with van der Waals surface area (Å²) in [6.07, 6.45) is 2.48. The van der Waals surface area contributed by atoms with E-state index in [0.717, 1.165) is 6.08 Å². The van der Waals surface area contributed by atoms with Gasteiger partial charge in [-0.05, 0) is 12.1 Å². The maximum atomic E-state index is 10.6. The summed E-state index contributed by atoms with van der Waals surface area (Å²) in [4.78, 5) is 10.6. The SMILES string of the molecule is C=C(Br)COc1cc2c(cc1/C=C/C(=O)O)OCO2. The smallest absolute Gasteiger partial charge is 0.328 e. The van der Waals surface area contributed by atoms with Crippen LogP contribution in [0, 0.1) is 0 Å². The first-order valence-electron chi connectivity index (χ1n) is 5.37. The van der Waals surface area contributed by atoms with Crippen molar-refractivity contribution in [2.75, 3.05) is 13.4 Å². The molecule has 0 radical (unpaired) electrons. The summed E-state index contributed by atoms with van der Waals surface area (Å²) in [6, 6.07) is 3.34. The fourth-order valence-electron chi connectivity index (χ4n) is 1.51. The first-order chi connectivity index (χ1) is 9.06. The molecular weight excluding hydrogens is 316 g/mol. The Bertz CT molecular complexity index is 550. The van der Waals surface area contributed by atoms with E-state index in [1.165, 1.54) is 6.08 Å². The summed E-state index contributed by atoms with van der Waals surface area (Å²) < 4.78 is 16.7. The number of hydrogen-bond acceptors (Lipinski definition) is 4. The lowest BCUT2D eigenvalue weighted by Gasteiger charge is -2.09. The average molecular weight is 327 g/mol. The van der Waals surface area contributed by atoms with Crippen LogP contribution in [0.1, 0.15) is 5.56 Å². The third kappa shape index (κ3) is 3.51. The van der Waals surface area contributed by atoms with Gasteiger partial charge in [-0.15, -0.1) is 0 Å². The number of benzene rings is 1. The number of carboxylic acids is 1. The van der Waals surface area contributed by atoms with Crippen LogP contribution < -0.4 is 14.2 Å². The largest absolute Gasteiger partial charge is 0.488 e. The molecule has 0 fully saturated rings. The monoisotopic (exact) mass is 326 g/mol. The molecule has 0 aliphatic carbocycles. The molecule has 0 spiro atoms. The van der Waals surface area contributed by atoms with E-state index < -0.39 is 5.97 Å². The number of ether oxygens (including phenoxy) is 3. The van der Waals surface area contributed by atoms with Gasteiger partial charge in [-0.25, -0.2) is 4.79 Å². The Kier molecular flexibility index (Phi) is 4.11. The van der Waals surface area contributed by atoms with Crippen LogP contribution in [0.4, 0.5) is 0 Å². The third-order valence-electron chi connectivity index (χ3n) is 2.29. The molecule has 0 saturated heterocycles. The minimum absolute atomic E-state index is 0.145. The maximum absolute atomic E-state index is 10.6. The van der Waals surface area contributed by atoms with Crippen molar-refractivity contribution in [3.8, 4) is 17.2 Å². The molecule has 1 aromatic carbocycles. The second-order valence-electron chi connectivity index (χ2n) is 3.72. The highest BCUT2D eigenvalue weighted by Crippen LogP contribution is 2.38. The highest BCUT2D eigenvalue weighted by atomic mass is 79.9. The van der Waals surface area contributed by atoms with Gasteiger partial charge >= 0.3 is 5.97 Å². The zero-order valence-corrected chi connectivity index (χ0v) is 11.5. The van der Waals surface area contributed by atoms with E-state index in [0.29, 0.717) is 27.3 Å². The van der Waals surface area contributed by atoms with Crippen molar-refractivity contribution in [2.45, 2.75) is 0 Å². The van der Waals surface area contributed by atoms with Crippen LogP contribution in [0.15, 0.2) is 29.3 Å². The average Bonchev–Trinajstić information content (AvgIpc) is 2.79. The Balaban J connectivity index is 2.31. The fourth-order valence-corrected chi connectivity index (χ4v) is 1.63. The summed E-state index contributed by atoms with van der Waals surface area (Å²) in [7, 11) is 0. The van der Waals surface area contributed by atoms with Crippen LogP contribution in [0.2, 0.25) is 0 Å². The van der Waals surface area contributed by atoms with E-state index in [9.17, 15) is 4.79 Å². The molecule has 1 N–H and O–H groups in total. The predicted octanol–water partition coefficient (Wildman–Crippen LogP) is 2.80. The molecule has 0 bridgehead atoms. The summed E-state index contributed by atoms with van der Waals surface area (Å²) in [5.74, 6) is 0.605. The molecule has 0 unspecified atom stereocenters. The zero-order valence-electron chi connectivity index (χ0n) is 9.89. The molecular formula is C13H11BrO5. The van der Waals surface area contributed by atoms with E-state index in [4.69, 9.17) is 19.3 Å². The van der Waals surface area contributed by atoms with Gasteiger partial charge in [0.2, 0.25) is 6.79 Å². The normalized spacial score (nSPS) is 12.7. The minimum atomic E-state index is -1.03. The zero-order chi connectivity index (χ0) is 13.8. The lowest BCUT2D eigenvalue weighted by Crippen LogP contribution is -1.98. The van der Waals surface area contributed by atoms with E-state index >= 15 is 0 Å². The van der Waals surface area contributed by atoms with Crippen LogP contribution in [-0.4, -0.2) is 24.5 Å². The van der Waals surface area contributed by atoms with Crippen molar-refractivity contribution >= 4 is 28.0 Å². The van der Waals surface area contributed by atoms with Crippen molar-refractivity contribution in [3.05, 3.63) is 34.8 Å². The van der Waals surface area contributed by atoms with Gasteiger partial charge in [-0.2, -0.15) is 0 Å². The number of aliphatic carboxylic acids is 1. The Morgan fingerprint density at radius 2 is 2.16 bits per heavy atom. The summed E-state index contributed by atoms with van der Waals surface area (Å²) in [5, 5.41) is 8.67. The van der Waals surface area contributed by atoms with Gasteiger partial charge in [-0.3, -0.25) is 0 Å². The number of fused-ring (bicyclic) bond motifs is 1. The van der Waals surface area contributed by atoms with E-state index in [2.05, 4.69) is 22.5 Å². The minimum Gasteiger partial charge on any atom is -0.488 e. The summed E-state index contributed by atoms with van der Waals surface area (Å²) in [6.45, 7) is 4.09. The standard InChI is InChI=1S/C13H11BrO5/c1-8(14)6-17-10-5-12-11(18-7-19-12)4-9(10)2-3-13(15)16/h2-5H,1,6-7H2,(H,15,16)/b3-2+. The molecule has 0 aromatic heterocycles. The van der Waals surface area contributed by atoms with Gasteiger partial charge in [0.25, 0.3) is 0 Å². The molecule has 6 heteroatoms. The lowest BCUT2D eigenvalue weighted by atomic mass is 10.1. The Hall–Kier alpha value is -1.95. The van der Waals surface area contributed by atoms with Crippen molar-refractivity contribution in [3.63, 3.8) is 0 Å². The molecule has 5 nitrogen and oxygen atoms in total. The molecule has 0 atom stereocenters. The predicted molar refractivity (Wildman–Crippen MR) is 72.8 cm³/mol. The van der Waals surface area contributed by atoms with Crippen LogP contribution in [0.3, 0.4) is 0 Å². The molecule has 1 aliphatic heterocycles. The Labute approximate surface area is 118 Å². The van der Waals surface area contributed by atoms with Crippen LogP contribution in [0.25, 0.3) is 6.08 Å². The highest BCUT2D eigenvalue weighted by Gasteiger charge is 2.17. The summed E-state index contributed by atoms with van der Waals surface area (Å²) in [5.41, 5.74) is 0.598. The first kappa shape index (κ1) is 13.5. The van der Waals surface area contributed by atoms with Crippen molar-refractivity contribution in [1.29, 1.82) is 0 Å². The molecule has 1 aromatic rings. The van der Waals surface area contributed by atoms with Gasteiger partial charge in [0.05, 0.1) is 0 Å².